The van der Waals surface area contributed by atoms with Crippen LogP contribution < -0.4 is 10.2 Å². The van der Waals surface area contributed by atoms with Gasteiger partial charge in [0.25, 0.3) is 5.91 Å². The number of benzene rings is 1. The van der Waals surface area contributed by atoms with E-state index in [2.05, 4.69) is 4.98 Å². The molecule has 0 spiro atoms. The molecular formula is C12H12N2O3. The summed E-state index contributed by atoms with van der Waals surface area (Å²) in [4.78, 5) is 15.6. The van der Waals surface area contributed by atoms with Crippen molar-refractivity contribution in [3.8, 4) is 5.75 Å². The van der Waals surface area contributed by atoms with E-state index in [1.54, 1.807) is 36.9 Å². The Morgan fingerprint density at radius 1 is 1.41 bits per heavy atom. The number of methoxy groups -OCH3 is 1. The van der Waals surface area contributed by atoms with E-state index in [-0.39, 0.29) is 0 Å². The third-order valence-corrected chi connectivity index (χ3v) is 2.48. The fraction of sp³-hybridized carbons (Fsp3) is 0.167. The van der Waals surface area contributed by atoms with Crippen LogP contribution in [0.2, 0.25) is 0 Å². The van der Waals surface area contributed by atoms with Crippen LogP contribution in [0, 0.1) is 6.92 Å². The van der Waals surface area contributed by atoms with Gasteiger partial charge in [-0.05, 0) is 25.1 Å². The number of carbonyl (C=O) groups excluding carboxylic acids is 1. The molecule has 88 valence electrons. The smallest absolute Gasteiger partial charge is 0.274 e. The van der Waals surface area contributed by atoms with Gasteiger partial charge in [-0.1, -0.05) is 0 Å². The zero-order valence-electron chi connectivity index (χ0n) is 9.52. The number of fused-ring (bicyclic) bond motifs is 1. The number of hydrogen-bond acceptors (Lipinski definition) is 4. The van der Waals surface area contributed by atoms with E-state index >= 15 is 0 Å². The molecular weight excluding hydrogens is 220 g/mol. The minimum atomic E-state index is -0.561. The summed E-state index contributed by atoms with van der Waals surface area (Å²) < 4.78 is 5.24. The first-order valence-corrected chi connectivity index (χ1v) is 5.05. The van der Waals surface area contributed by atoms with Gasteiger partial charge in [-0.25, -0.2) is 5.48 Å². The monoisotopic (exact) mass is 232 g/mol. The fourth-order valence-corrected chi connectivity index (χ4v) is 1.70. The molecule has 2 rings (SSSR count). The van der Waals surface area contributed by atoms with Crippen molar-refractivity contribution in [1.82, 2.24) is 10.5 Å². The van der Waals surface area contributed by atoms with E-state index < -0.39 is 5.91 Å². The lowest BCUT2D eigenvalue weighted by Crippen LogP contribution is -2.18. The van der Waals surface area contributed by atoms with Crippen molar-refractivity contribution in [2.75, 3.05) is 7.11 Å². The molecule has 5 heteroatoms. The van der Waals surface area contributed by atoms with Crippen molar-refractivity contribution < 1.29 is 14.7 Å². The van der Waals surface area contributed by atoms with Crippen LogP contribution in [-0.2, 0) is 0 Å². The van der Waals surface area contributed by atoms with Crippen LogP contribution in [0.15, 0.2) is 24.3 Å². The maximum atomic E-state index is 11.3. The maximum Gasteiger partial charge on any atom is 0.274 e. The maximum absolute atomic E-state index is 11.3. The number of pyridine rings is 1. The third-order valence-electron chi connectivity index (χ3n) is 2.48. The Labute approximate surface area is 98.0 Å². The summed E-state index contributed by atoms with van der Waals surface area (Å²) in [6.45, 7) is 1.87. The highest BCUT2D eigenvalue weighted by Crippen LogP contribution is 2.26. The number of rotatable bonds is 2. The van der Waals surface area contributed by atoms with Gasteiger partial charge in [0.05, 0.1) is 12.6 Å². The van der Waals surface area contributed by atoms with Crippen molar-refractivity contribution in [1.29, 1.82) is 0 Å². The molecule has 2 aromatic rings. The van der Waals surface area contributed by atoms with Gasteiger partial charge in [-0.15, -0.1) is 0 Å². The lowest BCUT2D eigenvalue weighted by molar-refractivity contribution is 0.0706. The summed E-state index contributed by atoms with van der Waals surface area (Å²) in [6.07, 6.45) is 0. The molecule has 2 N–H and O–H groups in total. The number of nitrogens with one attached hydrogen (secondary N) is 1. The molecule has 1 aromatic carbocycles. The van der Waals surface area contributed by atoms with Gasteiger partial charge in [-0.3, -0.25) is 15.0 Å². The molecule has 0 saturated heterocycles. The molecule has 0 atom stereocenters. The predicted octanol–water partition coefficient (Wildman–Crippen LogP) is 1.67. The standard InChI is InChI=1S/C12H12N2O3/c1-7-5-11(17-2)9-6-8(12(15)14-16)3-4-10(9)13-7/h3-6,16H,1-2H3,(H,14,15). The van der Waals surface area contributed by atoms with E-state index in [4.69, 9.17) is 9.94 Å². The second kappa shape index (κ2) is 4.39. The number of hydroxylamine groups is 1. The first kappa shape index (κ1) is 11.3. The number of ether oxygens (including phenoxy) is 1. The Kier molecular flexibility index (Phi) is 2.93. The molecule has 5 nitrogen and oxygen atoms in total. The van der Waals surface area contributed by atoms with Crippen LogP contribution in [0.25, 0.3) is 10.9 Å². The minimum absolute atomic E-state index is 0.351. The Hall–Kier alpha value is -2.14. The number of amides is 1. The second-order valence-electron chi connectivity index (χ2n) is 3.64. The van der Waals surface area contributed by atoms with Gasteiger partial charge < -0.3 is 4.74 Å². The molecule has 0 radical (unpaired) electrons. The molecule has 0 aliphatic rings. The lowest BCUT2D eigenvalue weighted by atomic mass is 10.1. The van der Waals surface area contributed by atoms with Gasteiger partial charge in [0, 0.05) is 22.7 Å². The van der Waals surface area contributed by atoms with E-state index in [1.165, 1.54) is 0 Å². The van der Waals surface area contributed by atoms with Gasteiger partial charge >= 0.3 is 0 Å². The Morgan fingerprint density at radius 2 is 2.18 bits per heavy atom. The second-order valence-corrected chi connectivity index (χ2v) is 3.64. The van der Waals surface area contributed by atoms with Crippen LogP contribution in [0.4, 0.5) is 0 Å². The quantitative estimate of drug-likeness (QED) is 0.610. The number of nitrogens with zero attached hydrogens (tertiary/aromatic N) is 1. The minimum Gasteiger partial charge on any atom is -0.496 e. The van der Waals surface area contributed by atoms with E-state index in [9.17, 15) is 4.79 Å². The number of aryl methyl sites for hydroxylation is 1. The highest BCUT2D eigenvalue weighted by atomic mass is 16.5. The normalized spacial score (nSPS) is 10.3. The first-order chi connectivity index (χ1) is 8.15. The number of aromatic nitrogens is 1. The van der Waals surface area contributed by atoms with Crippen molar-refractivity contribution in [3.05, 3.63) is 35.5 Å². The van der Waals surface area contributed by atoms with Crippen LogP contribution in [0.1, 0.15) is 16.1 Å². The van der Waals surface area contributed by atoms with Crippen LogP contribution >= 0.6 is 0 Å². The third kappa shape index (κ3) is 2.05. The summed E-state index contributed by atoms with van der Waals surface area (Å²) in [5.74, 6) is 0.0922. The van der Waals surface area contributed by atoms with Gasteiger partial charge in [0.15, 0.2) is 0 Å². The summed E-state index contributed by atoms with van der Waals surface area (Å²) >= 11 is 0. The Morgan fingerprint density at radius 3 is 2.82 bits per heavy atom. The molecule has 0 fully saturated rings. The van der Waals surface area contributed by atoms with Gasteiger partial charge in [0.2, 0.25) is 0 Å². The zero-order valence-corrected chi connectivity index (χ0v) is 9.52. The van der Waals surface area contributed by atoms with Gasteiger partial charge in [0.1, 0.15) is 5.75 Å². The average Bonchev–Trinajstić information content (AvgIpc) is 2.36. The fourth-order valence-electron chi connectivity index (χ4n) is 1.70. The Bertz CT molecular complexity index is 581. The predicted molar refractivity (Wildman–Crippen MR) is 62.3 cm³/mol. The largest absolute Gasteiger partial charge is 0.496 e. The molecule has 0 unspecified atom stereocenters. The van der Waals surface area contributed by atoms with Crippen LogP contribution in [0.5, 0.6) is 5.75 Å². The van der Waals surface area contributed by atoms with E-state index in [0.717, 1.165) is 16.6 Å². The molecule has 0 aliphatic carbocycles. The van der Waals surface area contributed by atoms with E-state index in [0.29, 0.717) is 11.3 Å². The molecule has 0 saturated carbocycles. The Balaban J connectivity index is 2.67. The van der Waals surface area contributed by atoms with Crippen molar-refractivity contribution >= 4 is 16.8 Å². The van der Waals surface area contributed by atoms with Crippen molar-refractivity contribution in [2.24, 2.45) is 0 Å². The summed E-state index contributed by atoms with van der Waals surface area (Å²) in [7, 11) is 1.56. The van der Waals surface area contributed by atoms with E-state index in [1.807, 2.05) is 6.92 Å². The lowest BCUT2D eigenvalue weighted by Gasteiger charge is -2.07. The topological polar surface area (TPSA) is 71.5 Å². The van der Waals surface area contributed by atoms with Crippen molar-refractivity contribution in [3.63, 3.8) is 0 Å². The highest BCUT2D eigenvalue weighted by molar-refractivity contribution is 5.98. The molecule has 1 heterocycles. The average molecular weight is 232 g/mol. The van der Waals surface area contributed by atoms with Crippen molar-refractivity contribution in [2.45, 2.75) is 6.92 Å². The SMILES string of the molecule is COc1cc(C)nc2ccc(C(=O)NO)cc12. The summed E-state index contributed by atoms with van der Waals surface area (Å²) in [5.41, 5.74) is 3.53. The number of hydrogen-bond donors (Lipinski definition) is 2. The number of carbonyl (C=O) groups is 1. The molecule has 17 heavy (non-hydrogen) atoms. The van der Waals surface area contributed by atoms with Gasteiger partial charge in [-0.2, -0.15) is 0 Å². The summed E-state index contributed by atoms with van der Waals surface area (Å²) in [6, 6.07) is 6.74. The molecule has 1 amide bonds. The molecule has 0 aliphatic heterocycles. The zero-order chi connectivity index (χ0) is 12.4. The first-order valence-electron chi connectivity index (χ1n) is 5.05. The molecule has 1 aromatic heterocycles. The van der Waals surface area contributed by atoms with Crippen LogP contribution in [-0.4, -0.2) is 23.2 Å². The van der Waals surface area contributed by atoms with Crippen LogP contribution in [0.3, 0.4) is 0 Å². The highest BCUT2D eigenvalue weighted by Gasteiger charge is 2.09. The summed E-state index contributed by atoms with van der Waals surface area (Å²) in [5, 5.41) is 9.32. The molecule has 0 bridgehead atoms.